The van der Waals surface area contributed by atoms with Gasteiger partial charge in [0.25, 0.3) is 0 Å². The van der Waals surface area contributed by atoms with Crippen LogP contribution < -0.4 is 16.0 Å². The van der Waals surface area contributed by atoms with E-state index in [1.807, 2.05) is 11.8 Å². The number of pyridine rings is 1. The highest BCUT2D eigenvalue weighted by molar-refractivity contribution is 5.91. The Kier molecular flexibility index (Phi) is 4.68. The number of halogens is 3. The van der Waals surface area contributed by atoms with Crippen LogP contribution in [0.15, 0.2) is 30.3 Å². The van der Waals surface area contributed by atoms with Crippen LogP contribution in [0, 0.1) is 0 Å². The summed E-state index contributed by atoms with van der Waals surface area (Å²) in [5, 5.41) is 3.50. The van der Waals surface area contributed by atoms with Gasteiger partial charge in [-0.25, -0.2) is 4.98 Å². The minimum absolute atomic E-state index is 0.00370. The molecule has 29 heavy (non-hydrogen) atoms. The summed E-state index contributed by atoms with van der Waals surface area (Å²) in [5.74, 6) is 0.480. The number of nitrogen functional groups attached to an aromatic ring is 1. The van der Waals surface area contributed by atoms with Crippen LogP contribution in [0.4, 0.5) is 30.6 Å². The van der Waals surface area contributed by atoms with Gasteiger partial charge in [0.1, 0.15) is 5.82 Å². The van der Waals surface area contributed by atoms with Crippen LogP contribution in [0.5, 0.6) is 0 Å². The van der Waals surface area contributed by atoms with Crippen molar-refractivity contribution in [2.24, 2.45) is 0 Å². The highest BCUT2D eigenvalue weighted by Gasteiger charge is 2.37. The Hall–Kier alpha value is -3.10. The molecule has 0 bridgehead atoms. The molecule has 0 radical (unpaired) electrons. The van der Waals surface area contributed by atoms with Gasteiger partial charge in [-0.1, -0.05) is 6.07 Å². The fraction of sp³-hybridized carbons (Fsp3) is 0.350. The van der Waals surface area contributed by atoms with E-state index < -0.39 is 11.7 Å². The second-order valence-corrected chi connectivity index (χ2v) is 7.13. The molecule has 0 amide bonds. The fourth-order valence-electron chi connectivity index (χ4n) is 3.93. The van der Waals surface area contributed by atoms with Crippen molar-refractivity contribution in [3.8, 4) is 11.3 Å². The zero-order chi connectivity index (χ0) is 20.8. The molecule has 0 saturated carbocycles. The molecule has 1 fully saturated rings. The third-order valence-corrected chi connectivity index (χ3v) is 5.28. The lowest BCUT2D eigenvalue weighted by atomic mass is 9.99. The lowest BCUT2D eigenvalue weighted by Crippen LogP contribution is -2.27. The quantitative estimate of drug-likeness (QED) is 0.679. The highest BCUT2D eigenvalue weighted by atomic mass is 19.4. The van der Waals surface area contributed by atoms with Gasteiger partial charge in [-0.3, -0.25) is 0 Å². The maximum Gasteiger partial charge on any atom is 0.417 e. The molecule has 9 heteroatoms. The van der Waals surface area contributed by atoms with Crippen LogP contribution in [0.3, 0.4) is 0 Å². The number of nitrogens with two attached hydrogens (primary N) is 1. The van der Waals surface area contributed by atoms with E-state index in [9.17, 15) is 13.2 Å². The topological polar surface area (TPSA) is 80.0 Å². The van der Waals surface area contributed by atoms with Crippen molar-refractivity contribution >= 4 is 28.5 Å². The number of benzene rings is 1. The zero-order valence-electron chi connectivity index (χ0n) is 16.1. The number of nitrogens with zero attached hydrogens (tertiary/aromatic N) is 4. The van der Waals surface area contributed by atoms with Crippen molar-refractivity contribution in [1.82, 2.24) is 15.0 Å². The third kappa shape index (κ3) is 3.41. The van der Waals surface area contributed by atoms with Gasteiger partial charge in [-0.15, -0.1) is 0 Å². The van der Waals surface area contributed by atoms with Crippen molar-refractivity contribution in [3.05, 3.63) is 35.9 Å². The first-order chi connectivity index (χ1) is 13.8. The number of alkyl halides is 3. The van der Waals surface area contributed by atoms with Crippen LogP contribution in [0.2, 0.25) is 0 Å². The van der Waals surface area contributed by atoms with Gasteiger partial charge in [0, 0.05) is 30.9 Å². The SMILES string of the molecule is CNc1nc(N)nc2nc(-c3c(N4CCCC4C)cccc3C(F)(F)F)ccc12. The zero-order valence-corrected chi connectivity index (χ0v) is 16.1. The van der Waals surface area contributed by atoms with Gasteiger partial charge < -0.3 is 16.0 Å². The number of aromatic nitrogens is 3. The summed E-state index contributed by atoms with van der Waals surface area (Å²) in [6.45, 7) is 2.74. The van der Waals surface area contributed by atoms with E-state index in [2.05, 4.69) is 20.3 Å². The predicted octanol–water partition coefficient (Wildman–Crippen LogP) is 4.32. The van der Waals surface area contributed by atoms with Crippen molar-refractivity contribution in [2.45, 2.75) is 32.0 Å². The number of rotatable bonds is 3. The van der Waals surface area contributed by atoms with Gasteiger partial charge in [0.15, 0.2) is 5.65 Å². The average Bonchev–Trinajstić information content (AvgIpc) is 3.11. The minimum atomic E-state index is -4.51. The smallest absolute Gasteiger partial charge is 0.372 e. The molecule has 3 N–H and O–H groups in total. The molecule has 1 aliphatic heterocycles. The van der Waals surface area contributed by atoms with E-state index in [0.717, 1.165) is 18.9 Å². The second-order valence-electron chi connectivity index (χ2n) is 7.13. The predicted molar refractivity (Wildman–Crippen MR) is 108 cm³/mol. The number of hydrogen-bond acceptors (Lipinski definition) is 6. The molecule has 1 saturated heterocycles. The number of nitrogens with one attached hydrogen (secondary N) is 1. The maximum absolute atomic E-state index is 13.9. The number of fused-ring (bicyclic) bond motifs is 1. The Morgan fingerprint density at radius 1 is 1.14 bits per heavy atom. The van der Waals surface area contributed by atoms with Crippen molar-refractivity contribution in [3.63, 3.8) is 0 Å². The van der Waals surface area contributed by atoms with Gasteiger partial charge in [-0.05, 0) is 44.0 Å². The average molecular weight is 402 g/mol. The summed E-state index contributed by atoms with van der Waals surface area (Å²) in [4.78, 5) is 14.7. The highest BCUT2D eigenvalue weighted by Crippen LogP contribution is 2.43. The molecule has 1 atom stereocenters. The standard InChI is InChI=1S/C20H21F3N6/c1-11-5-4-10-29(11)15-7-3-6-13(20(21,22)23)16(15)14-9-8-12-17(25-2)27-19(24)28-18(12)26-14/h3,6-9,11H,4-5,10H2,1-2H3,(H3,24,25,26,27,28). The number of anilines is 3. The van der Waals surface area contributed by atoms with E-state index >= 15 is 0 Å². The molecule has 3 heterocycles. The molecule has 2 aromatic heterocycles. The van der Waals surface area contributed by atoms with E-state index in [1.54, 1.807) is 25.2 Å². The van der Waals surface area contributed by atoms with Crippen LogP contribution >= 0.6 is 0 Å². The van der Waals surface area contributed by atoms with Crippen LogP contribution in [0.25, 0.3) is 22.3 Å². The lowest BCUT2D eigenvalue weighted by Gasteiger charge is -2.28. The molecule has 6 nitrogen and oxygen atoms in total. The minimum Gasteiger partial charge on any atom is -0.372 e. The summed E-state index contributed by atoms with van der Waals surface area (Å²) in [6, 6.07) is 7.69. The summed E-state index contributed by atoms with van der Waals surface area (Å²) in [5.41, 5.74) is 6.09. The van der Waals surface area contributed by atoms with E-state index in [-0.39, 0.29) is 28.9 Å². The van der Waals surface area contributed by atoms with Gasteiger partial charge in [0.05, 0.1) is 16.6 Å². The first-order valence-corrected chi connectivity index (χ1v) is 9.39. The van der Waals surface area contributed by atoms with Crippen LogP contribution in [-0.4, -0.2) is 34.6 Å². The Labute approximate surface area is 166 Å². The molecular weight excluding hydrogens is 381 g/mol. The maximum atomic E-state index is 13.9. The second kappa shape index (κ2) is 7.06. The normalized spacial score (nSPS) is 17.1. The Morgan fingerprint density at radius 2 is 1.93 bits per heavy atom. The molecule has 1 unspecified atom stereocenters. The third-order valence-electron chi connectivity index (χ3n) is 5.28. The largest absolute Gasteiger partial charge is 0.417 e. The number of hydrogen-bond donors (Lipinski definition) is 2. The van der Waals surface area contributed by atoms with Crippen LogP contribution in [-0.2, 0) is 6.18 Å². The molecule has 0 spiro atoms. The molecule has 1 aliphatic rings. The van der Waals surface area contributed by atoms with Gasteiger partial charge in [-0.2, -0.15) is 23.1 Å². The molecule has 0 aliphatic carbocycles. The molecular formula is C20H21F3N6. The van der Waals surface area contributed by atoms with Crippen LogP contribution in [0.1, 0.15) is 25.3 Å². The van der Waals surface area contributed by atoms with Crippen molar-refractivity contribution in [2.75, 3.05) is 29.5 Å². The molecule has 1 aromatic carbocycles. The molecule has 3 aromatic rings. The summed E-state index contributed by atoms with van der Waals surface area (Å²) >= 11 is 0. The van der Waals surface area contributed by atoms with E-state index in [1.165, 1.54) is 6.07 Å². The van der Waals surface area contributed by atoms with E-state index in [0.29, 0.717) is 23.4 Å². The van der Waals surface area contributed by atoms with Crippen molar-refractivity contribution < 1.29 is 13.2 Å². The van der Waals surface area contributed by atoms with Gasteiger partial charge in [0.2, 0.25) is 5.95 Å². The molecule has 152 valence electrons. The Balaban J connectivity index is 1.98. The summed E-state index contributed by atoms with van der Waals surface area (Å²) < 4.78 is 41.7. The Bertz CT molecular complexity index is 1070. The fourth-order valence-corrected chi connectivity index (χ4v) is 3.93. The first-order valence-electron chi connectivity index (χ1n) is 9.39. The van der Waals surface area contributed by atoms with E-state index in [4.69, 9.17) is 5.73 Å². The summed E-state index contributed by atoms with van der Waals surface area (Å²) in [7, 11) is 1.68. The van der Waals surface area contributed by atoms with Gasteiger partial charge >= 0.3 is 6.18 Å². The van der Waals surface area contributed by atoms with Crippen molar-refractivity contribution in [1.29, 1.82) is 0 Å². The summed E-state index contributed by atoms with van der Waals surface area (Å²) in [6.07, 6.45) is -2.63. The Morgan fingerprint density at radius 3 is 2.59 bits per heavy atom. The monoisotopic (exact) mass is 402 g/mol. The lowest BCUT2D eigenvalue weighted by molar-refractivity contribution is -0.137. The molecule has 4 rings (SSSR count). The first kappa shape index (κ1) is 19.2.